The molecule has 4 heteroatoms. The highest BCUT2D eigenvalue weighted by molar-refractivity contribution is 5.79. The average Bonchev–Trinajstić information content (AvgIpc) is 2.73. The van der Waals surface area contributed by atoms with Gasteiger partial charge in [0.05, 0.1) is 16.6 Å². The summed E-state index contributed by atoms with van der Waals surface area (Å²) in [6.07, 6.45) is 0. The summed E-state index contributed by atoms with van der Waals surface area (Å²) in [4.78, 5) is 11.6. The Morgan fingerprint density at radius 2 is 1.94 bits per heavy atom. The first-order chi connectivity index (χ1) is 8.25. The average molecular weight is 230 g/mol. The van der Waals surface area contributed by atoms with E-state index in [-0.39, 0.29) is 5.63 Å². The largest absolute Gasteiger partial charge is 0.404 e. The Balaban J connectivity index is 0.000000514. The molecule has 0 saturated carbocycles. The van der Waals surface area contributed by atoms with E-state index in [0.717, 1.165) is 11.2 Å². The standard InChI is InChI=1S/C11H8N2O2.C2H6/c1-7-6-10-13(12-7)9-5-3-2-4-8(9)11(14)15-10;1-2/h2-6H,1H3;1-2H3. The van der Waals surface area contributed by atoms with E-state index >= 15 is 0 Å². The van der Waals surface area contributed by atoms with E-state index in [1.54, 1.807) is 22.7 Å². The first kappa shape index (κ1) is 11.4. The lowest BCUT2D eigenvalue weighted by Crippen LogP contribution is -2.03. The second-order valence-corrected chi connectivity index (χ2v) is 3.44. The first-order valence-electron chi connectivity index (χ1n) is 5.64. The molecule has 0 unspecified atom stereocenters. The quantitative estimate of drug-likeness (QED) is 0.596. The Labute approximate surface area is 98.5 Å². The number of fused-ring (bicyclic) bond motifs is 3. The molecule has 2 heterocycles. The normalized spacial score (nSPS) is 10.3. The van der Waals surface area contributed by atoms with E-state index < -0.39 is 0 Å². The first-order valence-corrected chi connectivity index (χ1v) is 5.64. The van der Waals surface area contributed by atoms with E-state index in [0.29, 0.717) is 11.1 Å². The van der Waals surface area contributed by atoms with Crippen LogP contribution >= 0.6 is 0 Å². The van der Waals surface area contributed by atoms with Crippen LogP contribution in [0.1, 0.15) is 19.5 Å². The Kier molecular flexibility index (Phi) is 2.95. The fraction of sp³-hybridized carbons (Fsp3) is 0.231. The van der Waals surface area contributed by atoms with Crippen LogP contribution in [0.2, 0.25) is 0 Å². The van der Waals surface area contributed by atoms with Gasteiger partial charge in [0.15, 0.2) is 0 Å². The smallest absolute Gasteiger partial charge is 0.347 e. The molecule has 2 aromatic heterocycles. The minimum absolute atomic E-state index is 0.321. The van der Waals surface area contributed by atoms with Gasteiger partial charge in [-0.15, -0.1) is 0 Å². The van der Waals surface area contributed by atoms with Crippen molar-refractivity contribution in [3.63, 3.8) is 0 Å². The van der Waals surface area contributed by atoms with Gasteiger partial charge in [-0.1, -0.05) is 26.0 Å². The number of nitrogens with zero attached hydrogens (tertiary/aromatic N) is 2. The third-order valence-electron chi connectivity index (χ3n) is 2.35. The van der Waals surface area contributed by atoms with Crippen LogP contribution < -0.4 is 5.63 Å². The number of rotatable bonds is 0. The van der Waals surface area contributed by atoms with Crippen molar-refractivity contribution in [1.29, 1.82) is 0 Å². The zero-order chi connectivity index (χ0) is 12.4. The lowest BCUT2D eigenvalue weighted by Gasteiger charge is -1.97. The van der Waals surface area contributed by atoms with Crippen LogP contribution in [0.3, 0.4) is 0 Å². The molecular formula is C13H14N2O2. The molecule has 0 fully saturated rings. The lowest BCUT2D eigenvalue weighted by atomic mass is 10.2. The molecule has 0 N–H and O–H groups in total. The molecule has 0 spiro atoms. The van der Waals surface area contributed by atoms with Gasteiger partial charge < -0.3 is 4.42 Å². The monoisotopic (exact) mass is 230 g/mol. The van der Waals surface area contributed by atoms with Gasteiger partial charge in [0.25, 0.3) is 0 Å². The summed E-state index contributed by atoms with van der Waals surface area (Å²) in [6, 6.07) is 9.01. The molecule has 0 amide bonds. The van der Waals surface area contributed by atoms with Crippen LogP contribution in [-0.4, -0.2) is 9.61 Å². The highest BCUT2D eigenvalue weighted by Gasteiger charge is 2.07. The molecule has 3 aromatic rings. The van der Waals surface area contributed by atoms with Crippen molar-refractivity contribution in [2.24, 2.45) is 0 Å². The van der Waals surface area contributed by atoms with Gasteiger partial charge in [-0.2, -0.15) is 9.61 Å². The molecule has 0 atom stereocenters. The molecule has 0 aliphatic carbocycles. The Morgan fingerprint density at radius 3 is 2.71 bits per heavy atom. The zero-order valence-electron chi connectivity index (χ0n) is 10.1. The zero-order valence-corrected chi connectivity index (χ0v) is 10.1. The summed E-state index contributed by atoms with van der Waals surface area (Å²) < 4.78 is 6.79. The van der Waals surface area contributed by atoms with Gasteiger partial charge in [0.1, 0.15) is 0 Å². The van der Waals surface area contributed by atoms with Crippen molar-refractivity contribution >= 4 is 16.6 Å². The third-order valence-corrected chi connectivity index (χ3v) is 2.35. The van der Waals surface area contributed by atoms with Crippen LogP contribution in [0.4, 0.5) is 0 Å². The van der Waals surface area contributed by atoms with Crippen LogP contribution in [-0.2, 0) is 0 Å². The van der Waals surface area contributed by atoms with Crippen LogP contribution in [0.25, 0.3) is 16.6 Å². The Morgan fingerprint density at radius 1 is 1.24 bits per heavy atom. The van der Waals surface area contributed by atoms with Gasteiger partial charge >= 0.3 is 5.63 Å². The topological polar surface area (TPSA) is 47.5 Å². The predicted molar refractivity (Wildman–Crippen MR) is 67.3 cm³/mol. The summed E-state index contributed by atoms with van der Waals surface area (Å²) in [5.41, 5.74) is 1.76. The second kappa shape index (κ2) is 4.41. The fourth-order valence-corrected chi connectivity index (χ4v) is 1.70. The van der Waals surface area contributed by atoms with Crippen molar-refractivity contribution in [1.82, 2.24) is 9.61 Å². The number of hydrogen-bond donors (Lipinski definition) is 0. The van der Waals surface area contributed by atoms with Gasteiger partial charge in [-0.25, -0.2) is 4.79 Å². The van der Waals surface area contributed by atoms with Crippen LogP contribution in [0.15, 0.2) is 39.5 Å². The molecule has 0 bridgehead atoms. The molecule has 17 heavy (non-hydrogen) atoms. The van der Waals surface area contributed by atoms with Gasteiger partial charge in [0.2, 0.25) is 5.71 Å². The predicted octanol–water partition coefficient (Wildman–Crippen LogP) is 2.78. The van der Waals surface area contributed by atoms with Gasteiger partial charge in [0, 0.05) is 6.07 Å². The molecule has 0 aliphatic heterocycles. The summed E-state index contributed by atoms with van der Waals surface area (Å²) in [6.45, 7) is 5.86. The van der Waals surface area contributed by atoms with Crippen molar-refractivity contribution in [3.8, 4) is 0 Å². The SMILES string of the molecule is CC.Cc1cc2oc(=O)c3ccccc3n2n1. The van der Waals surface area contributed by atoms with E-state index in [4.69, 9.17) is 4.42 Å². The molecular weight excluding hydrogens is 216 g/mol. The summed E-state index contributed by atoms with van der Waals surface area (Å²) in [5, 5.41) is 4.82. The Hall–Kier alpha value is -2.10. The summed E-state index contributed by atoms with van der Waals surface area (Å²) in [7, 11) is 0. The second-order valence-electron chi connectivity index (χ2n) is 3.44. The maximum Gasteiger partial charge on any atom is 0.347 e. The fourth-order valence-electron chi connectivity index (χ4n) is 1.70. The minimum atomic E-state index is -0.321. The van der Waals surface area contributed by atoms with Crippen molar-refractivity contribution in [2.75, 3.05) is 0 Å². The van der Waals surface area contributed by atoms with E-state index in [9.17, 15) is 4.79 Å². The summed E-state index contributed by atoms with van der Waals surface area (Å²) in [5.74, 6) is 0. The number of para-hydroxylation sites is 1. The molecule has 88 valence electrons. The third kappa shape index (κ3) is 1.82. The van der Waals surface area contributed by atoms with E-state index in [1.807, 2.05) is 32.9 Å². The van der Waals surface area contributed by atoms with Crippen LogP contribution in [0, 0.1) is 6.92 Å². The molecule has 0 radical (unpaired) electrons. The molecule has 0 aliphatic rings. The highest BCUT2D eigenvalue weighted by Crippen LogP contribution is 2.13. The van der Waals surface area contributed by atoms with Gasteiger partial charge in [-0.05, 0) is 19.1 Å². The Bertz CT molecular complexity index is 710. The summed E-state index contributed by atoms with van der Waals surface area (Å²) >= 11 is 0. The van der Waals surface area contributed by atoms with Crippen LogP contribution in [0.5, 0.6) is 0 Å². The highest BCUT2D eigenvalue weighted by atomic mass is 16.4. The number of benzene rings is 1. The van der Waals surface area contributed by atoms with Crippen molar-refractivity contribution < 1.29 is 4.42 Å². The lowest BCUT2D eigenvalue weighted by molar-refractivity contribution is 0.543. The molecule has 3 rings (SSSR count). The number of hydrogen-bond acceptors (Lipinski definition) is 3. The maximum atomic E-state index is 11.6. The number of aryl methyl sites for hydroxylation is 1. The molecule has 0 saturated heterocycles. The number of aromatic nitrogens is 2. The van der Waals surface area contributed by atoms with Gasteiger partial charge in [-0.3, -0.25) is 0 Å². The van der Waals surface area contributed by atoms with Crippen molar-refractivity contribution in [2.45, 2.75) is 20.8 Å². The minimum Gasteiger partial charge on any atom is -0.404 e. The molecule has 4 nitrogen and oxygen atoms in total. The maximum absolute atomic E-state index is 11.6. The van der Waals surface area contributed by atoms with E-state index in [2.05, 4.69) is 5.10 Å². The molecule has 1 aromatic carbocycles. The van der Waals surface area contributed by atoms with Crippen molar-refractivity contribution in [3.05, 3.63) is 46.4 Å². The van der Waals surface area contributed by atoms with E-state index in [1.165, 1.54) is 0 Å².